The molecule has 0 radical (unpaired) electrons. The van der Waals surface area contributed by atoms with Gasteiger partial charge >= 0.3 is 6.18 Å². The first-order valence-corrected chi connectivity index (χ1v) is 8.29. The van der Waals surface area contributed by atoms with Gasteiger partial charge in [0.05, 0.1) is 6.61 Å². The van der Waals surface area contributed by atoms with Crippen LogP contribution in [-0.2, 0) is 6.18 Å². The molecule has 0 unspecified atom stereocenters. The molecule has 1 aromatic rings. The lowest BCUT2D eigenvalue weighted by molar-refractivity contribution is -0.140. The van der Waals surface area contributed by atoms with Crippen LogP contribution < -0.4 is 4.74 Å². The molecule has 2 rings (SSSR count). The molecule has 1 saturated carbocycles. The highest BCUT2D eigenvalue weighted by atomic mass is 19.4. The van der Waals surface area contributed by atoms with Gasteiger partial charge in [0.15, 0.2) is 17.3 Å². The summed E-state index contributed by atoms with van der Waals surface area (Å²) >= 11 is 0. The Hall–Kier alpha value is -1.59. The number of Topliss-reactive ketones (excluding diaryl/α,β-unsaturated/α-hetero) is 1. The van der Waals surface area contributed by atoms with E-state index in [0.29, 0.717) is 5.92 Å². The van der Waals surface area contributed by atoms with Gasteiger partial charge in [0.25, 0.3) is 0 Å². The van der Waals surface area contributed by atoms with E-state index in [0.717, 1.165) is 37.8 Å². The fraction of sp³-hybridized carbons (Fsp3) is 0.611. The molecule has 1 aromatic carbocycles. The number of ketones is 1. The monoisotopic (exact) mass is 346 g/mol. The maximum absolute atomic E-state index is 14.2. The highest BCUT2D eigenvalue weighted by Crippen LogP contribution is 2.39. The van der Waals surface area contributed by atoms with Crippen molar-refractivity contribution in [1.82, 2.24) is 0 Å². The van der Waals surface area contributed by atoms with Crippen molar-refractivity contribution in [3.8, 4) is 5.75 Å². The van der Waals surface area contributed by atoms with E-state index in [1.807, 2.05) is 0 Å². The molecule has 6 heteroatoms. The van der Waals surface area contributed by atoms with Crippen molar-refractivity contribution in [1.29, 1.82) is 0 Å². The predicted octanol–water partition coefficient (Wildman–Crippen LogP) is 5.64. The van der Waals surface area contributed by atoms with Crippen LogP contribution >= 0.6 is 0 Å². The zero-order valence-corrected chi connectivity index (χ0v) is 13.9. The van der Waals surface area contributed by atoms with Crippen LogP contribution in [0.2, 0.25) is 0 Å². The summed E-state index contributed by atoms with van der Waals surface area (Å²) in [6.07, 6.45) is -1.31. The normalized spacial score (nSPS) is 21.6. The zero-order valence-electron chi connectivity index (χ0n) is 13.9. The molecule has 1 aliphatic carbocycles. The molecule has 0 amide bonds. The zero-order chi connectivity index (χ0) is 17.9. The van der Waals surface area contributed by atoms with Gasteiger partial charge in [-0.1, -0.05) is 19.8 Å². The molecule has 0 aromatic heterocycles. The Morgan fingerprint density at radius 3 is 2.38 bits per heavy atom. The number of carbonyl (C=O) groups is 1. The maximum atomic E-state index is 14.2. The molecular formula is C18H22F4O2. The van der Waals surface area contributed by atoms with Crippen LogP contribution in [0.1, 0.15) is 61.9 Å². The topological polar surface area (TPSA) is 26.3 Å². The summed E-state index contributed by atoms with van der Waals surface area (Å²) in [6, 6.07) is 2.13. The van der Waals surface area contributed by atoms with Gasteiger partial charge in [-0.2, -0.15) is 13.2 Å². The number of alkyl halides is 3. The number of ether oxygens (including phenoxy) is 1. The van der Waals surface area contributed by atoms with Gasteiger partial charge < -0.3 is 4.74 Å². The van der Waals surface area contributed by atoms with Gasteiger partial charge in [0.1, 0.15) is 5.56 Å². The lowest BCUT2D eigenvalue weighted by Crippen LogP contribution is -2.20. The van der Waals surface area contributed by atoms with Crippen LogP contribution in [0.3, 0.4) is 0 Å². The summed E-state index contributed by atoms with van der Waals surface area (Å²) in [5.74, 6) is -1.97. The fourth-order valence-corrected chi connectivity index (χ4v) is 3.24. The number of hydrogen-bond donors (Lipinski definition) is 0. The van der Waals surface area contributed by atoms with Crippen molar-refractivity contribution >= 4 is 5.78 Å². The van der Waals surface area contributed by atoms with Crippen LogP contribution in [0.25, 0.3) is 0 Å². The van der Waals surface area contributed by atoms with E-state index in [9.17, 15) is 22.4 Å². The standard InChI is InChI=1S/C18H22F4O2/c1-3-24-15-9-8-13(16(17(15)19)18(20,21)22)14(23)10-12-6-4-11(2)5-7-12/h8-9,11-12H,3-7,10H2,1-2H3. The molecule has 0 N–H and O–H groups in total. The summed E-state index contributed by atoms with van der Waals surface area (Å²) in [7, 11) is 0. The van der Waals surface area contributed by atoms with E-state index < -0.39 is 34.7 Å². The lowest BCUT2D eigenvalue weighted by atomic mass is 9.80. The van der Waals surface area contributed by atoms with Crippen LogP contribution in [-0.4, -0.2) is 12.4 Å². The number of hydrogen-bond acceptors (Lipinski definition) is 2. The molecule has 0 spiro atoms. The molecule has 0 saturated heterocycles. The van der Waals surface area contributed by atoms with Gasteiger partial charge in [0, 0.05) is 12.0 Å². The molecule has 0 atom stereocenters. The summed E-state index contributed by atoms with van der Waals surface area (Å²) in [5, 5.41) is 0. The largest absolute Gasteiger partial charge is 0.491 e. The van der Waals surface area contributed by atoms with E-state index in [4.69, 9.17) is 4.74 Å². The van der Waals surface area contributed by atoms with E-state index >= 15 is 0 Å². The number of rotatable bonds is 5. The summed E-state index contributed by atoms with van der Waals surface area (Å²) in [5.41, 5.74) is -2.11. The highest BCUT2D eigenvalue weighted by Gasteiger charge is 2.40. The molecule has 2 nitrogen and oxygen atoms in total. The number of benzene rings is 1. The van der Waals surface area contributed by atoms with Crippen molar-refractivity contribution < 1.29 is 27.1 Å². The maximum Gasteiger partial charge on any atom is 0.420 e. The number of halogens is 4. The average Bonchev–Trinajstić information content (AvgIpc) is 2.50. The van der Waals surface area contributed by atoms with Crippen LogP contribution in [0, 0.1) is 17.7 Å². The summed E-state index contributed by atoms with van der Waals surface area (Å²) in [4.78, 5) is 12.4. The summed E-state index contributed by atoms with van der Waals surface area (Å²) < 4.78 is 58.9. The van der Waals surface area contributed by atoms with Crippen LogP contribution in [0.15, 0.2) is 12.1 Å². The van der Waals surface area contributed by atoms with E-state index in [-0.39, 0.29) is 18.9 Å². The second-order valence-corrected chi connectivity index (χ2v) is 6.48. The minimum atomic E-state index is -4.94. The Kier molecular flexibility index (Phi) is 5.88. The third-order valence-corrected chi connectivity index (χ3v) is 4.60. The van der Waals surface area contributed by atoms with Crippen LogP contribution in [0.5, 0.6) is 5.75 Å². The average molecular weight is 346 g/mol. The predicted molar refractivity (Wildman–Crippen MR) is 82.6 cm³/mol. The Bertz CT molecular complexity index is 587. The van der Waals surface area contributed by atoms with Gasteiger partial charge in [-0.05, 0) is 43.7 Å². The third-order valence-electron chi connectivity index (χ3n) is 4.60. The van der Waals surface area contributed by atoms with Crippen molar-refractivity contribution in [2.24, 2.45) is 11.8 Å². The van der Waals surface area contributed by atoms with Gasteiger partial charge in [0.2, 0.25) is 0 Å². The molecule has 0 bridgehead atoms. The SMILES string of the molecule is CCOc1ccc(C(=O)CC2CCC(C)CC2)c(C(F)(F)F)c1F. The first-order chi connectivity index (χ1) is 11.2. The third kappa shape index (κ3) is 4.28. The Morgan fingerprint density at radius 1 is 1.21 bits per heavy atom. The Morgan fingerprint density at radius 2 is 1.83 bits per heavy atom. The first-order valence-electron chi connectivity index (χ1n) is 8.29. The molecule has 0 aliphatic heterocycles. The molecule has 1 aliphatic rings. The van der Waals surface area contributed by atoms with Crippen molar-refractivity contribution in [2.75, 3.05) is 6.61 Å². The van der Waals surface area contributed by atoms with Gasteiger partial charge in [-0.3, -0.25) is 4.79 Å². The van der Waals surface area contributed by atoms with Crippen molar-refractivity contribution in [3.05, 3.63) is 29.1 Å². The Balaban J connectivity index is 2.28. The van der Waals surface area contributed by atoms with E-state index in [2.05, 4.69) is 6.92 Å². The van der Waals surface area contributed by atoms with Crippen LogP contribution in [0.4, 0.5) is 17.6 Å². The smallest absolute Gasteiger partial charge is 0.420 e. The van der Waals surface area contributed by atoms with Gasteiger partial charge in [-0.25, -0.2) is 4.39 Å². The lowest BCUT2D eigenvalue weighted by Gasteiger charge is -2.26. The quantitative estimate of drug-likeness (QED) is 0.509. The Labute approximate surface area is 139 Å². The minimum Gasteiger partial charge on any atom is -0.491 e. The molecule has 134 valence electrons. The first kappa shape index (κ1) is 18.7. The minimum absolute atomic E-state index is 0.0310. The van der Waals surface area contributed by atoms with Crippen molar-refractivity contribution in [2.45, 2.75) is 52.1 Å². The second-order valence-electron chi connectivity index (χ2n) is 6.48. The fourth-order valence-electron chi connectivity index (χ4n) is 3.24. The summed E-state index contributed by atoms with van der Waals surface area (Å²) in [6.45, 7) is 3.72. The van der Waals surface area contributed by atoms with E-state index in [1.165, 1.54) is 0 Å². The molecular weight excluding hydrogens is 324 g/mol. The molecule has 24 heavy (non-hydrogen) atoms. The highest BCUT2D eigenvalue weighted by molar-refractivity contribution is 5.98. The number of carbonyl (C=O) groups excluding carboxylic acids is 1. The van der Waals surface area contributed by atoms with Gasteiger partial charge in [-0.15, -0.1) is 0 Å². The molecule has 1 fully saturated rings. The van der Waals surface area contributed by atoms with Crippen molar-refractivity contribution in [3.63, 3.8) is 0 Å². The second kappa shape index (κ2) is 7.53. The molecule has 0 heterocycles. The van der Waals surface area contributed by atoms with E-state index in [1.54, 1.807) is 6.92 Å².